The highest BCUT2D eigenvalue weighted by Gasteiger charge is 2.22. The van der Waals surface area contributed by atoms with Crippen LogP contribution < -0.4 is 5.32 Å². The minimum atomic E-state index is -1.12. The second-order valence-corrected chi connectivity index (χ2v) is 5.10. The molecule has 6 heteroatoms. The van der Waals surface area contributed by atoms with Crippen molar-refractivity contribution in [2.24, 2.45) is 5.41 Å². The van der Waals surface area contributed by atoms with Crippen molar-refractivity contribution in [1.29, 1.82) is 0 Å². The van der Waals surface area contributed by atoms with E-state index in [1.807, 2.05) is 0 Å². The average molecular weight is 247 g/mol. The normalized spacial score (nSPS) is 15.1. The van der Waals surface area contributed by atoms with E-state index in [1.165, 1.54) is 0 Å². The number of carbonyl (C=O) groups excluding carboxylic acids is 1. The lowest BCUT2D eigenvalue weighted by molar-refractivity contribution is -0.139. The third-order valence-electron chi connectivity index (χ3n) is 2.13. The zero-order valence-electron chi connectivity index (χ0n) is 10.4. The number of rotatable bonds is 6. The van der Waals surface area contributed by atoms with Crippen molar-refractivity contribution in [1.82, 2.24) is 5.32 Å². The van der Waals surface area contributed by atoms with E-state index < -0.39 is 30.0 Å². The molecule has 0 aliphatic rings. The number of aliphatic carboxylic acids is 1. The Morgan fingerprint density at radius 3 is 2.12 bits per heavy atom. The van der Waals surface area contributed by atoms with Crippen molar-refractivity contribution in [3.8, 4) is 0 Å². The van der Waals surface area contributed by atoms with Gasteiger partial charge in [-0.05, 0) is 0 Å². The molecule has 0 bridgehead atoms. The Labute approximate surface area is 101 Å². The summed E-state index contributed by atoms with van der Waals surface area (Å²) in [6.45, 7) is 5.24. The van der Waals surface area contributed by atoms with Gasteiger partial charge in [0.05, 0.1) is 18.6 Å². The van der Waals surface area contributed by atoms with Gasteiger partial charge >= 0.3 is 5.97 Å². The third-order valence-corrected chi connectivity index (χ3v) is 2.13. The Morgan fingerprint density at radius 2 is 1.71 bits per heavy atom. The molecule has 0 heterocycles. The van der Waals surface area contributed by atoms with Gasteiger partial charge in [-0.15, -0.1) is 0 Å². The third kappa shape index (κ3) is 7.70. The maximum Gasteiger partial charge on any atom is 0.305 e. The molecule has 6 nitrogen and oxygen atoms in total. The van der Waals surface area contributed by atoms with Crippen LogP contribution in [0.4, 0.5) is 0 Å². The molecule has 0 aromatic carbocycles. The van der Waals surface area contributed by atoms with Crippen molar-refractivity contribution in [3.63, 3.8) is 0 Å². The van der Waals surface area contributed by atoms with Gasteiger partial charge < -0.3 is 20.6 Å². The predicted molar refractivity (Wildman–Crippen MR) is 61.3 cm³/mol. The zero-order valence-corrected chi connectivity index (χ0v) is 10.4. The zero-order chi connectivity index (χ0) is 13.6. The summed E-state index contributed by atoms with van der Waals surface area (Å²) in [6, 6.07) is 0. The molecule has 0 aliphatic carbocycles. The molecule has 0 saturated carbocycles. The maximum absolute atomic E-state index is 11.5. The van der Waals surface area contributed by atoms with Gasteiger partial charge in [-0.2, -0.15) is 0 Å². The Kier molecular flexibility index (Phi) is 6.12. The van der Waals surface area contributed by atoms with Crippen LogP contribution in [0.25, 0.3) is 0 Å². The summed E-state index contributed by atoms with van der Waals surface area (Å²) in [5.41, 5.74) is -0.542. The van der Waals surface area contributed by atoms with E-state index in [0.29, 0.717) is 0 Å². The van der Waals surface area contributed by atoms with Crippen LogP contribution in [0.3, 0.4) is 0 Å². The average Bonchev–Trinajstić information content (AvgIpc) is 2.10. The van der Waals surface area contributed by atoms with Crippen LogP contribution in [0.2, 0.25) is 0 Å². The van der Waals surface area contributed by atoms with E-state index in [-0.39, 0.29) is 18.9 Å². The van der Waals surface area contributed by atoms with Crippen LogP contribution >= 0.6 is 0 Å². The van der Waals surface area contributed by atoms with Crippen molar-refractivity contribution in [2.75, 3.05) is 6.54 Å². The summed E-state index contributed by atoms with van der Waals surface area (Å²) in [5, 5.41) is 29.7. The molecule has 0 saturated heterocycles. The van der Waals surface area contributed by atoms with Crippen molar-refractivity contribution < 1.29 is 24.9 Å². The summed E-state index contributed by atoms with van der Waals surface area (Å²) in [6.07, 6.45) is -2.54. The molecule has 0 aromatic rings. The molecule has 100 valence electrons. The molecule has 0 rings (SSSR count). The number of carboxylic acids is 1. The number of amides is 1. The van der Waals surface area contributed by atoms with Crippen LogP contribution in [0.15, 0.2) is 0 Å². The lowest BCUT2D eigenvalue weighted by atomic mass is 9.95. The monoisotopic (exact) mass is 247 g/mol. The van der Waals surface area contributed by atoms with Gasteiger partial charge in [0.15, 0.2) is 0 Å². The molecule has 2 atom stereocenters. The molecule has 4 N–H and O–H groups in total. The number of aliphatic hydroxyl groups excluding tert-OH is 2. The summed E-state index contributed by atoms with van der Waals surface area (Å²) in [7, 11) is 0. The maximum atomic E-state index is 11.5. The molecule has 2 unspecified atom stereocenters. The minimum Gasteiger partial charge on any atom is -0.481 e. The summed E-state index contributed by atoms with van der Waals surface area (Å²) >= 11 is 0. The van der Waals surface area contributed by atoms with E-state index >= 15 is 0 Å². The van der Waals surface area contributed by atoms with Crippen LogP contribution in [0.1, 0.15) is 33.6 Å². The second kappa shape index (κ2) is 6.56. The Morgan fingerprint density at radius 1 is 1.18 bits per heavy atom. The molecule has 0 spiro atoms. The number of aliphatic hydroxyl groups is 2. The highest BCUT2D eigenvalue weighted by molar-refractivity contribution is 5.81. The fourth-order valence-electron chi connectivity index (χ4n) is 1.16. The molecular formula is C11H21NO5. The van der Waals surface area contributed by atoms with Crippen molar-refractivity contribution >= 4 is 11.9 Å². The molecular weight excluding hydrogens is 226 g/mol. The number of carboxylic acid groups (broad SMARTS) is 1. The van der Waals surface area contributed by atoms with E-state index in [9.17, 15) is 19.8 Å². The summed E-state index contributed by atoms with van der Waals surface area (Å²) in [5.74, 6) is -1.33. The first-order valence-corrected chi connectivity index (χ1v) is 5.49. The number of nitrogens with one attached hydrogen (secondary N) is 1. The van der Waals surface area contributed by atoms with E-state index in [2.05, 4.69) is 5.32 Å². The first-order valence-electron chi connectivity index (χ1n) is 5.49. The van der Waals surface area contributed by atoms with Crippen LogP contribution in [0.5, 0.6) is 0 Å². The Bertz CT molecular complexity index is 272. The van der Waals surface area contributed by atoms with E-state index in [1.54, 1.807) is 20.8 Å². The Balaban J connectivity index is 3.91. The Hall–Kier alpha value is -1.14. The molecule has 0 aliphatic heterocycles. The van der Waals surface area contributed by atoms with Crippen molar-refractivity contribution in [2.45, 2.75) is 45.8 Å². The number of carbonyl (C=O) groups is 2. The highest BCUT2D eigenvalue weighted by atomic mass is 16.4. The van der Waals surface area contributed by atoms with Gasteiger partial charge in [-0.1, -0.05) is 20.8 Å². The van der Waals surface area contributed by atoms with Gasteiger partial charge in [-0.25, -0.2) is 0 Å². The van der Waals surface area contributed by atoms with Gasteiger partial charge in [-0.3, -0.25) is 9.59 Å². The molecule has 1 amide bonds. The molecule has 17 heavy (non-hydrogen) atoms. The minimum absolute atomic E-state index is 0.00673. The topological polar surface area (TPSA) is 107 Å². The molecule has 0 radical (unpaired) electrons. The summed E-state index contributed by atoms with van der Waals surface area (Å²) in [4.78, 5) is 21.7. The van der Waals surface area contributed by atoms with Crippen LogP contribution in [-0.4, -0.2) is 45.9 Å². The smallest absolute Gasteiger partial charge is 0.305 e. The second-order valence-electron chi connectivity index (χ2n) is 5.10. The lowest BCUT2D eigenvalue weighted by Gasteiger charge is -2.20. The molecule has 0 aromatic heterocycles. The van der Waals surface area contributed by atoms with Gasteiger partial charge in [0, 0.05) is 18.4 Å². The van der Waals surface area contributed by atoms with Crippen molar-refractivity contribution in [3.05, 3.63) is 0 Å². The highest BCUT2D eigenvalue weighted by Crippen LogP contribution is 2.12. The quantitative estimate of drug-likeness (QED) is 0.517. The van der Waals surface area contributed by atoms with Crippen LogP contribution in [-0.2, 0) is 9.59 Å². The lowest BCUT2D eigenvalue weighted by Crippen LogP contribution is -2.40. The fourth-order valence-corrected chi connectivity index (χ4v) is 1.16. The first-order chi connectivity index (χ1) is 7.62. The first kappa shape index (κ1) is 15.9. The number of hydrogen-bond acceptors (Lipinski definition) is 4. The van der Waals surface area contributed by atoms with Gasteiger partial charge in [0.25, 0.3) is 0 Å². The van der Waals surface area contributed by atoms with E-state index in [0.717, 1.165) is 0 Å². The standard InChI is InChI=1S/C11H21NO5/c1-11(2,3)10(17)12-6-8(14)4-7(13)5-9(15)16/h7-8,13-14H,4-6H2,1-3H3,(H,12,17)(H,15,16). The fraction of sp³-hybridized carbons (Fsp3) is 0.818. The predicted octanol–water partition coefficient (Wildman–Crippen LogP) is -0.265. The summed E-state index contributed by atoms with van der Waals surface area (Å²) < 4.78 is 0. The van der Waals surface area contributed by atoms with E-state index in [4.69, 9.17) is 5.11 Å². The van der Waals surface area contributed by atoms with Gasteiger partial charge in [0.2, 0.25) is 5.91 Å². The van der Waals surface area contributed by atoms with Crippen LogP contribution in [0, 0.1) is 5.41 Å². The SMILES string of the molecule is CC(C)(C)C(=O)NCC(O)CC(O)CC(=O)O. The number of hydrogen-bond donors (Lipinski definition) is 4. The molecule has 0 fully saturated rings. The van der Waals surface area contributed by atoms with Gasteiger partial charge in [0.1, 0.15) is 0 Å². The largest absolute Gasteiger partial charge is 0.481 e.